The summed E-state index contributed by atoms with van der Waals surface area (Å²) in [6.07, 6.45) is 1.91. The first-order valence-electron chi connectivity index (χ1n) is 7.88. The van der Waals surface area contributed by atoms with Crippen molar-refractivity contribution >= 4 is 28.4 Å². The molecule has 0 saturated carbocycles. The molecule has 8 heteroatoms. The van der Waals surface area contributed by atoms with Gasteiger partial charge in [-0.3, -0.25) is 4.21 Å². The number of nitrogens with one attached hydrogen (secondary N) is 2. The van der Waals surface area contributed by atoms with Crippen LogP contribution in [0.1, 0.15) is 30.1 Å². The van der Waals surface area contributed by atoms with E-state index >= 15 is 0 Å². The van der Waals surface area contributed by atoms with Crippen molar-refractivity contribution in [2.75, 3.05) is 16.6 Å². The molecule has 26 heavy (non-hydrogen) atoms. The van der Waals surface area contributed by atoms with Crippen LogP contribution < -0.4 is 14.8 Å². The van der Waals surface area contributed by atoms with Gasteiger partial charge in [0.15, 0.2) is 5.75 Å². The van der Waals surface area contributed by atoms with Gasteiger partial charge in [0, 0.05) is 56.3 Å². The summed E-state index contributed by atoms with van der Waals surface area (Å²) in [7, 11) is 0. The summed E-state index contributed by atoms with van der Waals surface area (Å²) < 4.78 is 30.4. The smallest absolute Gasteiger partial charge is 0.171 e. The van der Waals surface area contributed by atoms with Gasteiger partial charge < -0.3 is 24.1 Å². The Balaban J connectivity index is 0.00000338. The van der Waals surface area contributed by atoms with Gasteiger partial charge in [-0.25, -0.2) is 0 Å². The fraction of sp³-hybridized carbons (Fsp3) is 0.222. The van der Waals surface area contributed by atoms with Crippen LogP contribution >= 0.6 is 0 Å². The van der Waals surface area contributed by atoms with E-state index in [0.29, 0.717) is 23.7 Å². The Kier molecular flexibility index (Phi) is 9.87. The molecule has 0 aliphatic heterocycles. The Morgan fingerprint density at radius 2 is 1.88 bits per heavy atom. The van der Waals surface area contributed by atoms with Crippen LogP contribution in [0.4, 0.5) is 11.4 Å². The molecule has 0 saturated heterocycles. The molecule has 0 aliphatic rings. The van der Waals surface area contributed by atoms with Crippen LogP contribution in [0.5, 0.6) is 11.5 Å². The van der Waals surface area contributed by atoms with Crippen LogP contribution in [-0.2, 0) is 44.0 Å². The van der Waals surface area contributed by atoms with Gasteiger partial charge in [0.05, 0.1) is 11.4 Å². The SMILES string of the molecule is [CH2-]C(=O)c1cc(NCCCC)c(Oc2ccccc2)c(NS(=O)[O-])c1.[Y]. The van der Waals surface area contributed by atoms with Gasteiger partial charge in [-0.1, -0.05) is 31.5 Å². The predicted octanol–water partition coefficient (Wildman–Crippen LogP) is 3.91. The molecule has 1 atom stereocenters. The van der Waals surface area contributed by atoms with E-state index in [4.69, 9.17) is 4.74 Å². The Hall–Kier alpha value is -1.41. The number of benzene rings is 2. The maximum atomic E-state index is 11.7. The number of hydrogen-bond donors (Lipinski definition) is 2. The van der Waals surface area contributed by atoms with Gasteiger partial charge in [0.25, 0.3) is 0 Å². The molecule has 0 aliphatic carbocycles. The van der Waals surface area contributed by atoms with Crippen LogP contribution in [-0.4, -0.2) is 21.1 Å². The second-order valence-corrected chi connectivity index (χ2v) is 6.03. The van der Waals surface area contributed by atoms with Crippen LogP contribution in [0.15, 0.2) is 42.5 Å². The average molecular weight is 449 g/mol. The first-order chi connectivity index (χ1) is 12.0. The topological polar surface area (TPSA) is 90.5 Å². The van der Waals surface area contributed by atoms with E-state index in [1.807, 2.05) is 18.2 Å². The summed E-state index contributed by atoms with van der Waals surface area (Å²) >= 11 is -2.56. The number of rotatable bonds is 9. The number of ether oxygens (including phenoxy) is 1. The molecule has 0 amide bonds. The maximum absolute atomic E-state index is 11.7. The van der Waals surface area contributed by atoms with Gasteiger partial charge in [-0.2, -0.15) is 6.92 Å². The number of ketones is 1. The standard InChI is InChI=1S/C18H21N2O4S.Y/c1-3-4-10-19-16-11-14(13(2)21)12-17(20-25(22)23)18(16)24-15-8-6-5-7-9-15;/h5-9,11-12,19-20H,2-4,10H2,1H3,(H,22,23);/q-1;/p-1. The third-order valence-electron chi connectivity index (χ3n) is 3.41. The van der Waals surface area contributed by atoms with Crippen molar-refractivity contribution in [2.24, 2.45) is 0 Å². The van der Waals surface area contributed by atoms with Crippen LogP contribution in [0.2, 0.25) is 0 Å². The van der Waals surface area contributed by atoms with Crippen molar-refractivity contribution in [3.63, 3.8) is 0 Å². The minimum atomic E-state index is -2.56. The number of carbonyl (C=O) groups excluding carboxylic acids is 1. The number of Topliss-reactive ketones (excluding diaryl/α,β-unsaturated/α-hetero) is 1. The maximum Gasteiger partial charge on any atom is 0.171 e. The molecule has 0 bridgehead atoms. The van der Waals surface area contributed by atoms with Gasteiger partial charge in [0.2, 0.25) is 0 Å². The first-order valence-corrected chi connectivity index (χ1v) is 8.95. The molecule has 0 spiro atoms. The molecule has 137 valence electrons. The van der Waals surface area contributed by atoms with Gasteiger partial charge >= 0.3 is 0 Å². The van der Waals surface area contributed by atoms with Gasteiger partial charge in [0.1, 0.15) is 5.75 Å². The molecule has 0 aromatic heterocycles. The Bertz CT molecular complexity index is 756. The van der Waals surface area contributed by atoms with Gasteiger partial charge in [-0.15, -0.1) is 17.7 Å². The van der Waals surface area contributed by atoms with Crippen LogP contribution in [0, 0.1) is 6.92 Å². The Labute approximate surface area is 181 Å². The quantitative estimate of drug-likeness (QED) is 0.262. The van der Waals surface area contributed by atoms with E-state index in [9.17, 15) is 13.6 Å². The molecule has 2 N–H and O–H groups in total. The minimum Gasteiger partial charge on any atom is -0.755 e. The normalized spacial score (nSPS) is 11.2. The van der Waals surface area contributed by atoms with Crippen molar-refractivity contribution in [3.8, 4) is 11.5 Å². The number of anilines is 2. The summed E-state index contributed by atoms with van der Waals surface area (Å²) in [5, 5.41) is 3.20. The van der Waals surface area contributed by atoms with E-state index in [1.165, 1.54) is 6.07 Å². The Morgan fingerprint density at radius 1 is 1.23 bits per heavy atom. The van der Waals surface area contributed by atoms with Crippen molar-refractivity contribution in [1.29, 1.82) is 0 Å². The fourth-order valence-electron chi connectivity index (χ4n) is 2.20. The predicted molar refractivity (Wildman–Crippen MR) is 98.6 cm³/mol. The van der Waals surface area contributed by atoms with E-state index in [0.717, 1.165) is 12.8 Å². The summed E-state index contributed by atoms with van der Waals surface area (Å²) in [6.45, 7) is 6.12. The van der Waals surface area contributed by atoms with Crippen molar-refractivity contribution in [3.05, 3.63) is 55.0 Å². The summed E-state index contributed by atoms with van der Waals surface area (Å²) in [5.41, 5.74) is 0.984. The van der Waals surface area contributed by atoms with Crippen molar-refractivity contribution in [1.82, 2.24) is 0 Å². The largest absolute Gasteiger partial charge is 0.755 e. The zero-order valence-corrected chi connectivity index (χ0v) is 18.1. The molecular formula is C18H20N2O4SY-2. The molecule has 1 radical (unpaired) electrons. The summed E-state index contributed by atoms with van der Waals surface area (Å²) in [4.78, 5) is 11.7. The molecular weight excluding hydrogens is 429 g/mol. The second-order valence-electron chi connectivity index (χ2n) is 5.36. The molecule has 2 rings (SSSR count). The zero-order valence-electron chi connectivity index (χ0n) is 14.5. The molecule has 2 aromatic carbocycles. The fourth-order valence-corrected chi connectivity index (χ4v) is 2.53. The van der Waals surface area contributed by atoms with Gasteiger partial charge in [-0.05, 0) is 18.6 Å². The number of para-hydroxylation sites is 1. The van der Waals surface area contributed by atoms with Crippen LogP contribution in [0.25, 0.3) is 0 Å². The second kappa shape index (κ2) is 11.3. The molecule has 1 unspecified atom stereocenters. The Morgan fingerprint density at radius 3 is 2.46 bits per heavy atom. The zero-order chi connectivity index (χ0) is 18.2. The number of carbonyl (C=O) groups is 1. The monoisotopic (exact) mass is 449 g/mol. The third-order valence-corrected chi connectivity index (χ3v) is 3.80. The minimum absolute atomic E-state index is 0. The first kappa shape index (κ1) is 22.6. The summed E-state index contributed by atoms with van der Waals surface area (Å²) in [6, 6.07) is 12.0. The van der Waals surface area contributed by atoms with Crippen molar-refractivity contribution < 1.29 is 51.0 Å². The molecule has 0 fully saturated rings. The van der Waals surface area contributed by atoms with E-state index in [2.05, 4.69) is 23.9 Å². The third kappa shape index (κ3) is 6.72. The number of unbranched alkanes of at least 4 members (excludes halogenated alkanes) is 1. The van der Waals surface area contributed by atoms with E-state index in [1.54, 1.807) is 18.2 Å². The summed E-state index contributed by atoms with van der Waals surface area (Å²) in [5.74, 6) is 0.440. The number of hydrogen-bond acceptors (Lipinski definition) is 5. The van der Waals surface area contributed by atoms with Crippen LogP contribution in [0.3, 0.4) is 0 Å². The van der Waals surface area contributed by atoms with E-state index in [-0.39, 0.29) is 44.0 Å². The van der Waals surface area contributed by atoms with E-state index < -0.39 is 17.0 Å². The molecule has 0 heterocycles. The van der Waals surface area contributed by atoms with Crippen molar-refractivity contribution in [2.45, 2.75) is 19.8 Å². The average Bonchev–Trinajstić information content (AvgIpc) is 2.57. The molecule has 2 aromatic rings. The molecule has 6 nitrogen and oxygen atoms in total.